The van der Waals surface area contributed by atoms with Crippen LogP contribution in [0.25, 0.3) is 0 Å². The van der Waals surface area contributed by atoms with Crippen LogP contribution in [0.15, 0.2) is 41.3 Å². The van der Waals surface area contributed by atoms with Gasteiger partial charge in [0.05, 0.1) is 19.4 Å². The highest BCUT2D eigenvalue weighted by Crippen LogP contribution is 2.33. The Bertz CT molecular complexity index is 862. The van der Waals surface area contributed by atoms with Crippen molar-refractivity contribution in [2.24, 2.45) is 0 Å². The van der Waals surface area contributed by atoms with Crippen LogP contribution in [0.5, 0.6) is 11.5 Å². The van der Waals surface area contributed by atoms with Gasteiger partial charge in [-0.2, -0.15) is 0 Å². The average Bonchev–Trinajstić information content (AvgIpc) is 2.61. The number of benzene rings is 2. The summed E-state index contributed by atoms with van der Waals surface area (Å²) < 4.78 is 39.2. The minimum Gasteiger partial charge on any atom is -0.495 e. The number of hydrogen-bond donors (Lipinski definition) is 1. The molecule has 25 heavy (non-hydrogen) atoms. The molecular formula is C19H23NO4S. The zero-order chi connectivity index (χ0) is 17.9. The number of methoxy groups -OCH3 is 1. The molecule has 0 aliphatic heterocycles. The van der Waals surface area contributed by atoms with Crippen molar-refractivity contribution in [3.63, 3.8) is 0 Å². The predicted octanol–water partition coefficient (Wildman–Crippen LogP) is 3.77. The van der Waals surface area contributed by atoms with E-state index in [2.05, 4.69) is 4.72 Å². The van der Waals surface area contributed by atoms with Crippen LogP contribution in [-0.4, -0.2) is 22.1 Å². The van der Waals surface area contributed by atoms with Gasteiger partial charge in [0.15, 0.2) is 0 Å². The molecule has 2 aromatic rings. The second kappa shape index (κ2) is 7.35. The second-order valence-electron chi connectivity index (χ2n) is 6.05. The Morgan fingerprint density at radius 3 is 2.48 bits per heavy atom. The lowest BCUT2D eigenvalue weighted by molar-refractivity contribution is 0.340. The van der Waals surface area contributed by atoms with Crippen LogP contribution < -0.4 is 14.2 Å². The molecule has 1 aliphatic rings. The van der Waals surface area contributed by atoms with Crippen molar-refractivity contribution in [2.45, 2.75) is 37.5 Å². The molecule has 0 aromatic heterocycles. The van der Waals surface area contributed by atoms with E-state index in [1.54, 1.807) is 30.3 Å². The van der Waals surface area contributed by atoms with Gasteiger partial charge in [0.1, 0.15) is 16.4 Å². The highest BCUT2D eigenvalue weighted by Gasteiger charge is 2.23. The number of sulfonamides is 1. The van der Waals surface area contributed by atoms with Crippen LogP contribution in [0.1, 0.15) is 30.9 Å². The Hall–Kier alpha value is -2.21. The van der Waals surface area contributed by atoms with Crippen molar-refractivity contribution >= 4 is 15.7 Å². The molecule has 3 rings (SSSR count). The van der Waals surface area contributed by atoms with E-state index < -0.39 is 10.0 Å². The molecule has 0 amide bonds. The van der Waals surface area contributed by atoms with E-state index in [1.807, 2.05) is 13.0 Å². The normalized spacial score (nSPS) is 13.8. The van der Waals surface area contributed by atoms with E-state index >= 15 is 0 Å². The number of anilines is 1. The zero-order valence-corrected chi connectivity index (χ0v) is 15.4. The molecule has 0 radical (unpaired) electrons. The SMILES string of the molecule is CCOc1cccc(NS(=O)(=O)c2cc3c(cc2OC)CCCC3)c1. The Labute approximate surface area is 149 Å². The summed E-state index contributed by atoms with van der Waals surface area (Å²) in [5.74, 6) is 1.01. The predicted molar refractivity (Wildman–Crippen MR) is 98.1 cm³/mol. The summed E-state index contributed by atoms with van der Waals surface area (Å²) in [5, 5.41) is 0. The van der Waals surface area contributed by atoms with Crippen LogP contribution in [0, 0.1) is 0 Å². The fraction of sp³-hybridized carbons (Fsp3) is 0.368. The molecule has 0 fully saturated rings. The number of rotatable bonds is 6. The number of hydrogen-bond acceptors (Lipinski definition) is 4. The Morgan fingerprint density at radius 2 is 1.80 bits per heavy atom. The third-order valence-corrected chi connectivity index (χ3v) is 5.72. The van der Waals surface area contributed by atoms with E-state index in [9.17, 15) is 8.42 Å². The molecular weight excluding hydrogens is 338 g/mol. The number of ether oxygens (including phenoxy) is 2. The van der Waals surface area contributed by atoms with Gasteiger partial charge in [0.25, 0.3) is 10.0 Å². The summed E-state index contributed by atoms with van der Waals surface area (Å²) in [6, 6.07) is 10.5. The van der Waals surface area contributed by atoms with E-state index in [1.165, 1.54) is 12.7 Å². The van der Waals surface area contributed by atoms with E-state index in [0.717, 1.165) is 31.2 Å². The van der Waals surface area contributed by atoms with Gasteiger partial charge in [-0.1, -0.05) is 6.07 Å². The van der Waals surface area contributed by atoms with Crippen LogP contribution in [0.2, 0.25) is 0 Å². The molecule has 2 aromatic carbocycles. The molecule has 0 unspecified atom stereocenters. The van der Waals surface area contributed by atoms with Gasteiger partial charge in [-0.15, -0.1) is 0 Å². The van der Waals surface area contributed by atoms with E-state index in [-0.39, 0.29) is 4.90 Å². The van der Waals surface area contributed by atoms with Crippen molar-refractivity contribution in [2.75, 3.05) is 18.4 Å². The molecule has 134 valence electrons. The fourth-order valence-corrected chi connectivity index (χ4v) is 4.39. The highest BCUT2D eigenvalue weighted by atomic mass is 32.2. The molecule has 0 bridgehead atoms. The molecule has 1 aliphatic carbocycles. The molecule has 0 saturated carbocycles. The fourth-order valence-electron chi connectivity index (χ4n) is 3.14. The second-order valence-corrected chi connectivity index (χ2v) is 7.70. The largest absolute Gasteiger partial charge is 0.495 e. The van der Waals surface area contributed by atoms with Crippen molar-refractivity contribution in [3.8, 4) is 11.5 Å². The first-order chi connectivity index (χ1) is 12.0. The first-order valence-corrected chi connectivity index (χ1v) is 9.97. The van der Waals surface area contributed by atoms with Gasteiger partial charge in [0, 0.05) is 6.07 Å². The summed E-state index contributed by atoms with van der Waals surface area (Å²) in [5.41, 5.74) is 2.74. The molecule has 0 heterocycles. The van der Waals surface area contributed by atoms with Gasteiger partial charge < -0.3 is 9.47 Å². The van der Waals surface area contributed by atoms with Crippen molar-refractivity contribution in [1.82, 2.24) is 0 Å². The maximum absolute atomic E-state index is 12.9. The topological polar surface area (TPSA) is 64.6 Å². The molecule has 0 saturated heterocycles. The Kier molecular flexibility index (Phi) is 5.18. The minimum absolute atomic E-state index is 0.178. The van der Waals surface area contributed by atoms with Crippen molar-refractivity contribution < 1.29 is 17.9 Å². The Balaban J connectivity index is 1.95. The zero-order valence-electron chi connectivity index (χ0n) is 14.5. The maximum atomic E-state index is 12.9. The number of nitrogens with one attached hydrogen (secondary N) is 1. The first-order valence-electron chi connectivity index (χ1n) is 8.49. The molecule has 1 N–H and O–H groups in total. The summed E-state index contributed by atoms with van der Waals surface area (Å²) in [7, 11) is -2.25. The summed E-state index contributed by atoms with van der Waals surface area (Å²) in [4.78, 5) is 0.178. The van der Waals surface area contributed by atoms with Crippen LogP contribution in [0.3, 0.4) is 0 Å². The molecule has 6 heteroatoms. The summed E-state index contributed by atoms with van der Waals surface area (Å²) >= 11 is 0. The van der Waals surface area contributed by atoms with Crippen molar-refractivity contribution in [1.29, 1.82) is 0 Å². The van der Waals surface area contributed by atoms with E-state index in [4.69, 9.17) is 9.47 Å². The number of fused-ring (bicyclic) bond motifs is 1. The number of aryl methyl sites for hydroxylation is 2. The summed E-state index contributed by atoms with van der Waals surface area (Å²) in [6.45, 7) is 2.41. The van der Waals surface area contributed by atoms with Gasteiger partial charge >= 0.3 is 0 Å². The van der Waals surface area contributed by atoms with Crippen molar-refractivity contribution in [3.05, 3.63) is 47.5 Å². The maximum Gasteiger partial charge on any atom is 0.265 e. The third-order valence-electron chi connectivity index (χ3n) is 4.31. The lowest BCUT2D eigenvalue weighted by Gasteiger charge is -2.19. The smallest absolute Gasteiger partial charge is 0.265 e. The summed E-state index contributed by atoms with van der Waals surface area (Å²) in [6.07, 6.45) is 4.09. The highest BCUT2D eigenvalue weighted by molar-refractivity contribution is 7.92. The average molecular weight is 361 g/mol. The lowest BCUT2D eigenvalue weighted by Crippen LogP contribution is -2.16. The Morgan fingerprint density at radius 1 is 1.08 bits per heavy atom. The lowest BCUT2D eigenvalue weighted by atomic mass is 9.92. The minimum atomic E-state index is -3.75. The van der Waals surface area contributed by atoms with Gasteiger partial charge in [-0.25, -0.2) is 8.42 Å². The van der Waals surface area contributed by atoms with Gasteiger partial charge in [0.2, 0.25) is 0 Å². The van der Waals surface area contributed by atoms with Crippen LogP contribution in [0.4, 0.5) is 5.69 Å². The monoisotopic (exact) mass is 361 g/mol. The molecule has 0 atom stereocenters. The quantitative estimate of drug-likeness (QED) is 0.850. The van der Waals surface area contributed by atoms with Crippen LogP contribution in [-0.2, 0) is 22.9 Å². The third kappa shape index (κ3) is 3.90. The molecule has 5 nitrogen and oxygen atoms in total. The van der Waals surface area contributed by atoms with Crippen LogP contribution >= 0.6 is 0 Å². The first kappa shape index (κ1) is 17.6. The van der Waals surface area contributed by atoms with Gasteiger partial charge in [-0.05, 0) is 68.0 Å². The standard InChI is InChI=1S/C19H23NO4S/c1-3-24-17-10-6-9-16(13-17)20-25(21,22)19-12-15-8-5-4-7-14(15)11-18(19)23-2/h6,9-13,20H,3-5,7-8H2,1-2H3. The van der Waals surface area contributed by atoms with Gasteiger partial charge in [-0.3, -0.25) is 4.72 Å². The van der Waals surface area contributed by atoms with E-state index in [0.29, 0.717) is 23.8 Å². The molecule has 0 spiro atoms.